The molecule has 1 heterocycles. The van der Waals surface area contributed by atoms with Crippen molar-refractivity contribution in [2.24, 2.45) is 5.92 Å². The highest BCUT2D eigenvalue weighted by Gasteiger charge is 2.11. The van der Waals surface area contributed by atoms with Gasteiger partial charge in [-0.15, -0.1) is 0 Å². The molecule has 0 aliphatic heterocycles. The molecule has 0 aromatic carbocycles. The van der Waals surface area contributed by atoms with E-state index in [0.717, 1.165) is 43.6 Å². The molecule has 19 heavy (non-hydrogen) atoms. The summed E-state index contributed by atoms with van der Waals surface area (Å²) >= 11 is 0. The van der Waals surface area contributed by atoms with Crippen LogP contribution in [0.15, 0.2) is 10.6 Å². The number of aromatic nitrogens is 1. The second kappa shape index (κ2) is 8.33. The van der Waals surface area contributed by atoms with Gasteiger partial charge in [-0.2, -0.15) is 0 Å². The molecular formula is C15H29N3O. The molecule has 0 spiro atoms. The lowest BCUT2D eigenvalue weighted by Crippen LogP contribution is -2.27. The lowest BCUT2D eigenvalue weighted by Gasteiger charge is -2.22. The summed E-state index contributed by atoms with van der Waals surface area (Å²) in [7, 11) is 0. The summed E-state index contributed by atoms with van der Waals surface area (Å²) in [6.45, 7) is 14.8. The fourth-order valence-electron chi connectivity index (χ4n) is 1.92. The van der Waals surface area contributed by atoms with E-state index in [9.17, 15) is 0 Å². The second-order valence-electron chi connectivity index (χ2n) is 5.66. The highest BCUT2D eigenvalue weighted by atomic mass is 16.5. The number of nitrogens with zero attached hydrogens (tertiary/aromatic N) is 2. The quantitative estimate of drug-likeness (QED) is 0.746. The van der Waals surface area contributed by atoms with Crippen LogP contribution in [0, 0.1) is 5.92 Å². The van der Waals surface area contributed by atoms with Gasteiger partial charge in [0.1, 0.15) is 0 Å². The van der Waals surface area contributed by atoms with E-state index in [-0.39, 0.29) is 0 Å². The van der Waals surface area contributed by atoms with Gasteiger partial charge < -0.3 is 9.84 Å². The predicted octanol–water partition coefficient (Wildman–Crippen LogP) is 3.04. The van der Waals surface area contributed by atoms with E-state index in [2.05, 4.69) is 56.1 Å². The molecule has 4 nitrogen and oxygen atoms in total. The topological polar surface area (TPSA) is 41.3 Å². The van der Waals surface area contributed by atoms with E-state index < -0.39 is 0 Å². The Kier molecular flexibility index (Phi) is 7.10. The zero-order chi connectivity index (χ0) is 14.3. The zero-order valence-electron chi connectivity index (χ0n) is 13.1. The first-order valence-corrected chi connectivity index (χ1v) is 7.45. The molecule has 1 atom stereocenters. The van der Waals surface area contributed by atoms with Gasteiger partial charge in [-0.05, 0) is 12.5 Å². The van der Waals surface area contributed by atoms with Crippen molar-refractivity contribution < 1.29 is 4.52 Å². The maximum atomic E-state index is 5.41. The van der Waals surface area contributed by atoms with E-state index >= 15 is 0 Å². The first-order chi connectivity index (χ1) is 9.05. The standard InChI is InChI=1S/C15H29N3O/c1-6-13(5)10-18(7-2)11-15-8-14(17-19-15)9-16-12(3)4/h8,12-13,16H,6-7,9-11H2,1-5H3. The molecule has 0 fully saturated rings. The molecule has 1 rings (SSSR count). The molecule has 0 amide bonds. The van der Waals surface area contributed by atoms with Crippen LogP contribution < -0.4 is 5.32 Å². The van der Waals surface area contributed by atoms with Crippen LogP contribution in [0.2, 0.25) is 0 Å². The van der Waals surface area contributed by atoms with Crippen molar-refractivity contribution in [1.82, 2.24) is 15.4 Å². The molecule has 0 saturated heterocycles. The van der Waals surface area contributed by atoms with Crippen LogP contribution in [0.25, 0.3) is 0 Å². The lowest BCUT2D eigenvalue weighted by molar-refractivity contribution is 0.211. The Morgan fingerprint density at radius 2 is 2.05 bits per heavy atom. The second-order valence-corrected chi connectivity index (χ2v) is 5.66. The van der Waals surface area contributed by atoms with Gasteiger partial charge in [0.25, 0.3) is 0 Å². The molecule has 0 aliphatic carbocycles. The number of hydrogen-bond acceptors (Lipinski definition) is 4. The normalized spacial score (nSPS) is 13.4. The van der Waals surface area contributed by atoms with Crippen LogP contribution in [-0.4, -0.2) is 29.2 Å². The number of nitrogens with one attached hydrogen (secondary N) is 1. The van der Waals surface area contributed by atoms with Gasteiger partial charge in [0.2, 0.25) is 0 Å². The van der Waals surface area contributed by atoms with Crippen molar-refractivity contribution in [1.29, 1.82) is 0 Å². The first kappa shape index (κ1) is 16.2. The minimum atomic E-state index is 0.470. The van der Waals surface area contributed by atoms with Crippen LogP contribution in [0.5, 0.6) is 0 Å². The summed E-state index contributed by atoms with van der Waals surface area (Å²) in [5.41, 5.74) is 0.989. The number of hydrogen-bond donors (Lipinski definition) is 1. The Hall–Kier alpha value is -0.870. The summed E-state index contributed by atoms with van der Waals surface area (Å²) in [5.74, 6) is 1.69. The third-order valence-electron chi connectivity index (χ3n) is 3.39. The van der Waals surface area contributed by atoms with Gasteiger partial charge in [0.05, 0.1) is 12.2 Å². The third-order valence-corrected chi connectivity index (χ3v) is 3.39. The molecule has 0 saturated carbocycles. The Morgan fingerprint density at radius 1 is 1.32 bits per heavy atom. The lowest BCUT2D eigenvalue weighted by atomic mass is 10.1. The summed E-state index contributed by atoms with van der Waals surface area (Å²) in [6.07, 6.45) is 1.22. The van der Waals surface area contributed by atoms with Crippen molar-refractivity contribution in [2.45, 2.75) is 60.2 Å². The predicted molar refractivity (Wildman–Crippen MR) is 78.9 cm³/mol. The van der Waals surface area contributed by atoms with Crippen molar-refractivity contribution in [3.05, 3.63) is 17.5 Å². The monoisotopic (exact) mass is 267 g/mol. The van der Waals surface area contributed by atoms with Crippen LogP contribution in [-0.2, 0) is 13.1 Å². The van der Waals surface area contributed by atoms with Crippen LogP contribution in [0.1, 0.15) is 52.5 Å². The summed E-state index contributed by atoms with van der Waals surface area (Å²) in [4.78, 5) is 2.41. The summed E-state index contributed by atoms with van der Waals surface area (Å²) in [5, 5.41) is 7.46. The molecular weight excluding hydrogens is 238 g/mol. The minimum absolute atomic E-state index is 0.470. The molecule has 0 radical (unpaired) electrons. The fourth-order valence-corrected chi connectivity index (χ4v) is 1.92. The van der Waals surface area contributed by atoms with E-state index in [0.29, 0.717) is 6.04 Å². The van der Waals surface area contributed by atoms with E-state index in [1.54, 1.807) is 0 Å². The third kappa shape index (κ3) is 6.21. The SMILES string of the molecule is CCC(C)CN(CC)Cc1cc(CNC(C)C)no1. The largest absolute Gasteiger partial charge is 0.360 e. The maximum Gasteiger partial charge on any atom is 0.151 e. The van der Waals surface area contributed by atoms with Gasteiger partial charge in [-0.1, -0.05) is 46.2 Å². The van der Waals surface area contributed by atoms with Crippen LogP contribution in [0.3, 0.4) is 0 Å². The number of rotatable bonds is 9. The molecule has 1 aromatic heterocycles. The van der Waals surface area contributed by atoms with Gasteiger partial charge in [-0.3, -0.25) is 4.90 Å². The smallest absolute Gasteiger partial charge is 0.151 e. The van der Waals surface area contributed by atoms with Crippen LogP contribution in [0.4, 0.5) is 0 Å². The van der Waals surface area contributed by atoms with E-state index in [1.165, 1.54) is 6.42 Å². The molecule has 1 N–H and O–H groups in total. The highest BCUT2D eigenvalue weighted by molar-refractivity contribution is 5.05. The molecule has 1 aromatic rings. The average molecular weight is 267 g/mol. The minimum Gasteiger partial charge on any atom is -0.360 e. The Balaban J connectivity index is 2.46. The van der Waals surface area contributed by atoms with Gasteiger partial charge in [-0.25, -0.2) is 0 Å². The average Bonchev–Trinajstić information content (AvgIpc) is 2.83. The Morgan fingerprint density at radius 3 is 2.63 bits per heavy atom. The molecule has 1 unspecified atom stereocenters. The first-order valence-electron chi connectivity index (χ1n) is 7.45. The van der Waals surface area contributed by atoms with Crippen molar-refractivity contribution in [3.8, 4) is 0 Å². The van der Waals surface area contributed by atoms with Crippen molar-refractivity contribution >= 4 is 0 Å². The molecule has 0 aliphatic rings. The molecule has 4 heteroatoms. The van der Waals surface area contributed by atoms with E-state index in [1.807, 2.05) is 0 Å². The van der Waals surface area contributed by atoms with Gasteiger partial charge >= 0.3 is 0 Å². The zero-order valence-corrected chi connectivity index (χ0v) is 13.1. The van der Waals surface area contributed by atoms with E-state index in [4.69, 9.17) is 4.52 Å². The van der Waals surface area contributed by atoms with Crippen LogP contribution >= 0.6 is 0 Å². The van der Waals surface area contributed by atoms with Gasteiger partial charge in [0, 0.05) is 25.2 Å². The van der Waals surface area contributed by atoms with Crippen molar-refractivity contribution in [2.75, 3.05) is 13.1 Å². The Labute approximate surface area is 117 Å². The molecule has 0 bridgehead atoms. The fraction of sp³-hybridized carbons (Fsp3) is 0.800. The molecule has 110 valence electrons. The Bertz CT molecular complexity index is 349. The summed E-state index contributed by atoms with van der Waals surface area (Å²) < 4.78 is 5.41. The highest BCUT2D eigenvalue weighted by Crippen LogP contribution is 2.11. The van der Waals surface area contributed by atoms with Gasteiger partial charge in [0.15, 0.2) is 5.76 Å². The summed E-state index contributed by atoms with van der Waals surface area (Å²) in [6, 6.07) is 2.53. The van der Waals surface area contributed by atoms with Crippen molar-refractivity contribution in [3.63, 3.8) is 0 Å². The maximum absolute atomic E-state index is 5.41.